The highest BCUT2D eigenvalue weighted by Crippen LogP contribution is 2.39. The summed E-state index contributed by atoms with van der Waals surface area (Å²) in [6.07, 6.45) is 1.87. The molecule has 5 nitrogen and oxygen atoms in total. The van der Waals surface area contributed by atoms with Crippen molar-refractivity contribution in [1.82, 2.24) is 19.1 Å². The predicted octanol–water partition coefficient (Wildman–Crippen LogP) is 10.6. The van der Waals surface area contributed by atoms with E-state index in [0.29, 0.717) is 0 Å². The normalized spacial score (nSPS) is 12.6. The number of para-hydroxylation sites is 2. The molecule has 4 heterocycles. The quantitative estimate of drug-likeness (QED) is 0.215. The number of benzene rings is 4. The molecule has 0 bridgehead atoms. The second kappa shape index (κ2) is 10.3. The summed E-state index contributed by atoms with van der Waals surface area (Å²) in [5.74, 6) is 0.225. The number of phenols is 1. The van der Waals surface area contributed by atoms with Gasteiger partial charge in [0.2, 0.25) is 0 Å². The maximum atomic E-state index is 11.0. The number of rotatable bonds is 3. The van der Waals surface area contributed by atoms with Gasteiger partial charge in [-0.3, -0.25) is 9.13 Å². The third-order valence-electron chi connectivity index (χ3n) is 9.38. The third kappa shape index (κ3) is 4.68. The van der Waals surface area contributed by atoms with Crippen molar-refractivity contribution in [2.45, 2.75) is 52.4 Å². The Morgan fingerprint density at radius 1 is 0.532 bits per heavy atom. The topological polar surface area (TPSA) is 55.9 Å². The second-order valence-corrected chi connectivity index (χ2v) is 14.6. The van der Waals surface area contributed by atoms with Gasteiger partial charge in [0.15, 0.2) is 0 Å². The largest absolute Gasteiger partial charge is 0.507 e. The van der Waals surface area contributed by atoms with E-state index in [1.165, 1.54) is 10.9 Å². The van der Waals surface area contributed by atoms with Gasteiger partial charge >= 0.3 is 0 Å². The Morgan fingerprint density at radius 3 is 1.74 bits per heavy atom. The molecule has 0 aliphatic heterocycles. The molecule has 4 aromatic carbocycles. The fraction of sp³-hybridized carbons (Fsp3) is 0.190. The van der Waals surface area contributed by atoms with E-state index in [4.69, 9.17) is 9.97 Å². The highest BCUT2D eigenvalue weighted by molar-refractivity contribution is 6.09. The number of pyridine rings is 2. The number of aromatic nitrogens is 4. The minimum absolute atomic E-state index is 0.0626. The molecule has 0 saturated heterocycles. The van der Waals surface area contributed by atoms with Crippen LogP contribution < -0.4 is 0 Å². The molecule has 0 spiro atoms. The molecule has 0 amide bonds. The van der Waals surface area contributed by atoms with E-state index in [9.17, 15) is 5.11 Å². The van der Waals surface area contributed by atoms with Gasteiger partial charge in [-0.1, -0.05) is 84.0 Å². The lowest BCUT2D eigenvalue weighted by atomic mass is 9.85. The molecule has 4 aromatic heterocycles. The van der Waals surface area contributed by atoms with Crippen LogP contribution in [-0.2, 0) is 10.8 Å². The lowest BCUT2D eigenvalue weighted by Crippen LogP contribution is -2.13. The minimum Gasteiger partial charge on any atom is -0.507 e. The first-order chi connectivity index (χ1) is 22.5. The zero-order chi connectivity index (χ0) is 32.7. The van der Waals surface area contributed by atoms with Crippen LogP contribution in [0.25, 0.3) is 66.5 Å². The molecule has 47 heavy (non-hydrogen) atoms. The third-order valence-corrected chi connectivity index (χ3v) is 9.38. The molecule has 0 unspecified atom stereocenters. The van der Waals surface area contributed by atoms with E-state index >= 15 is 0 Å². The Hall–Kier alpha value is -5.42. The first-order valence-electron chi connectivity index (χ1n) is 16.2. The standard InChI is InChI=1S/C42H38N4O/c1-41(2,3)26-17-20-38(47)34(24-26)35-19-18-33-31-13-8-10-16-37(31)46(40(33)44-35)29-23-27(42(4,5)6)22-28(25-29)45-36-15-9-7-12-30(36)32-14-11-21-43-39(32)45/h7-25,47H,1-6H3. The Balaban J connectivity index is 1.44. The van der Waals surface area contributed by atoms with Gasteiger partial charge < -0.3 is 5.11 Å². The predicted molar refractivity (Wildman–Crippen MR) is 195 cm³/mol. The fourth-order valence-electron chi connectivity index (χ4n) is 6.80. The molecule has 0 fully saturated rings. The zero-order valence-electron chi connectivity index (χ0n) is 27.7. The van der Waals surface area contributed by atoms with Crippen molar-refractivity contribution < 1.29 is 5.11 Å². The van der Waals surface area contributed by atoms with Gasteiger partial charge in [0.05, 0.1) is 28.1 Å². The molecular weight excluding hydrogens is 576 g/mol. The SMILES string of the molecule is CC(C)(C)c1cc(-n2c3ccccc3c3cccnc32)cc(-n2c3ccccc3c3ccc(-c4cc(C(C)(C)C)ccc4O)nc32)c1. The number of hydrogen-bond donors (Lipinski definition) is 1. The Labute approximate surface area is 274 Å². The van der Waals surface area contributed by atoms with Crippen molar-refractivity contribution in [1.29, 1.82) is 0 Å². The van der Waals surface area contributed by atoms with E-state index in [-0.39, 0.29) is 16.6 Å². The molecule has 5 heteroatoms. The number of fused-ring (bicyclic) bond motifs is 6. The summed E-state index contributed by atoms with van der Waals surface area (Å²) in [4.78, 5) is 10.2. The first-order valence-corrected chi connectivity index (χ1v) is 16.2. The van der Waals surface area contributed by atoms with E-state index in [2.05, 4.69) is 136 Å². The van der Waals surface area contributed by atoms with Crippen molar-refractivity contribution in [3.8, 4) is 28.4 Å². The van der Waals surface area contributed by atoms with Crippen LogP contribution >= 0.6 is 0 Å². The van der Waals surface area contributed by atoms with Gasteiger partial charge in [-0.05, 0) is 88.7 Å². The molecule has 232 valence electrons. The summed E-state index contributed by atoms with van der Waals surface area (Å²) in [7, 11) is 0. The second-order valence-electron chi connectivity index (χ2n) is 14.6. The molecule has 8 aromatic rings. The zero-order valence-corrected chi connectivity index (χ0v) is 27.7. The molecule has 0 atom stereocenters. The van der Waals surface area contributed by atoms with Crippen LogP contribution in [0.2, 0.25) is 0 Å². The molecule has 0 radical (unpaired) electrons. The van der Waals surface area contributed by atoms with Crippen LogP contribution in [-0.4, -0.2) is 24.2 Å². The van der Waals surface area contributed by atoms with Crippen LogP contribution in [0, 0.1) is 0 Å². The molecule has 1 N–H and O–H groups in total. The summed E-state index contributed by atoms with van der Waals surface area (Å²) in [5.41, 5.74) is 9.71. The van der Waals surface area contributed by atoms with E-state index < -0.39 is 0 Å². The average molecular weight is 615 g/mol. The van der Waals surface area contributed by atoms with Crippen molar-refractivity contribution in [2.75, 3.05) is 0 Å². The van der Waals surface area contributed by atoms with Gasteiger partial charge in [-0.2, -0.15) is 0 Å². The Kier molecular flexibility index (Phi) is 6.36. The Morgan fingerprint density at radius 2 is 1.11 bits per heavy atom. The summed E-state index contributed by atoms with van der Waals surface area (Å²) < 4.78 is 4.56. The fourth-order valence-corrected chi connectivity index (χ4v) is 6.80. The van der Waals surface area contributed by atoms with Crippen LogP contribution in [0.4, 0.5) is 0 Å². The lowest BCUT2D eigenvalue weighted by Gasteiger charge is -2.23. The van der Waals surface area contributed by atoms with E-state index in [1.54, 1.807) is 6.07 Å². The highest BCUT2D eigenvalue weighted by atomic mass is 16.3. The minimum atomic E-state index is -0.118. The number of aromatic hydroxyl groups is 1. The van der Waals surface area contributed by atoms with Gasteiger partial charge in [0.1, 0.15) is 17.0 Å². The van der Waals surface area contributed by atoms with Gasteiger partial charge in [0.25, 0.3) is 0 Å². The van der Waals surface area contributed by atoms with Crippen LogP contribution in [0.1, 0.15) is 52.7 Å². The van der Waals surface area contributed by atoms with Crippen molar-refractivity contribution in [3.63, 3.8) is 0 Å². The van der Waals surface area contributed by atoms with Gasteiger partial charge in [0, 0.05) is 33.3 Å². The summed E-state index contributed by atoms with van der Waals surface area (Å²) in [6.45, 7) is 13.3. The molecule has 8 rings (SSSR count). The maximum Gasteiger partial charge on any atom is 0.146 e. The first kappa shape index (κ1) is 29.0. The van der Waals surface area contributed by atoms with Crippen molar-refractivity contribution in [3.05, 3.63) is 127 Å². The van der Waals surface area contributed by atoms with Crippen LogP contribution in [0.5, 0.6) is 5.75 Å². The molecule has 0 aliphatic carbocycles. The van der Waals surface area contributed by atoms with Crippen LogP contribution in [0.3, 0.4) is 0 Å². The number of nitrogens with zero attached hydrogens (tertiary/aromatic N) is 4. The highest BCUT2D eigenvalue weighted by Gasteiger charge is 2.23. The molecule has 0 aliphatic rings. The lowest BCUT2D eigenvalue weighted by molar-refractivity contribution is 0.476. The number of phenolic OH excluding ortho intramolecular Hbond substituents is 1. The number of hydrogen-bond acceptors (Lipinski definition) is 3. The molecule has 0 saturated carbocycles. The van der Waals surface area contributed by atoms with Crippen LogP contribution in [0.15, 0.2) is 115 Å². The summed E-state index contributed by atoms with van der Waals surface area (Å²) in [5, 5.41) is 15.5. The van der Waals surface area contributed by atoms with Gasteiger partial charge in [-0.25, -0.2) is 9.97 Å². The smallest absolute Gasteiger partial charge is 0.146 e. The van der Waals surface area contributed by atoms with Gasteiger partial charge in [-0.15, -0.1) is 0 Å². The summed E-state index contributed by atoms with van der Waals surface area (Å²) >= 11 is 0. The van der Waals surface area contributed by atoms with E-state index in [0.717, 1.165) is 66.7 Å². The van der Waals surface area contributed by atoms with Crippen molar-refractivity contribution >= 4 is 43.9 Å². The summed E-state index contributed by atoms with van der Waals surface area (Å²) in [6, 6.07) is 38.1. The maximum absolute atomic E-state index is 11.0. The average Bonchev–Trinajstić information content (AvgIpc) is 3.56. The monoisotopic (exact) mass is 614 g/mol. The van der Waals surface area contributed by atoms with E-state index in [1.807, 2.05) is 24.4 Å². The molecular formula is C42H38N4O. The Bertz CT molecular complexity index is 2450. The van der Waals surface area contributed by atoms with Crippen molar-refractivity contribution in [2.24, 2.45) is 0 Å².